The van der Waals surface area contributed by atoms with Gasteiger partial charge in [0, 0.05) is 37.9 Å². The maximum absolute atomic E-state index is 15.0. The number of rotatable bonds is 7. The smallest absolute Gasteiger partial charge is 0.339 e. The summed E-state index contributed by atoms with van der Waals surface area (Å²) in [5.41, 5.74) is 6.25. The summed E-state index contributed by atoms with van der Waals surface area (Å²) in [5, 5.41) is 7.10. The molecule has 0 atom stereocenters. The largest absolute Gasteiger partial charge is 0.465 e. The molecule has 0 saturated carbocycles. The van der Waals surface area contributed by atoms with Crippen LogP contribution in [0.5, 0.6) is 0 Å². The van der Waals surface area contributed by atoms with E-state index in [4.69, 9.17) is 15.9 Å². The number of amidine groups is 1. The molecule has 9 nitrogen and oxygen atoms in total. The fourth-order valence-electron chi connectivity index (χ4n) is 3.27. The van der Waals surface area contributed by atoms with E-state index in [1.54, 1.807) is 30.3 Å². The first-order chi connectivity index (χ1) is 14.9. The number of anilines is 2. The number of benzene rings is 1. The highest BCUT2D eigenvalue weighted by Gasteiger charge is 2.22. The van der Waals surface area contributed by atoms with E-state index in [9.17, 15) is 14.0 Å². The number of nitrogens with zero attached hydrogens (tertiary/aromatic N) is 3. The standard InChI is InChI=1S/C21H24FN5O4/c1-30-21(29)14-5-6-18(25-12-14)27-9-7-26(8-10-27)16-4-2-3-15(20(16)22)13-31-19(28)11-17(23)24/h2-6,12H,7-11,13H2,1H3,(H3,23,24). The molecule has 1 saturated heterocycles. The molecule has 10 heteroatoms. The molecule has 164 valence electrons. The number of piperazine rings is 1. The van der Waals surface area contributed by atoms with Gasteiger partial charge in [-0.1, -0.05) is 12.1 Å². The maximum Gasteiger partial charge on any atom is 0.339 e. The molecule has 2 heterocycles. The molecule has 3 rings (SSSR count). The molecule has 1 fully saturated rings. The van der Waals surface area contributed by atoms with Gasteiger partial charge in [0.05, 0.1) is 18.4 Å². The van der Waals surface area contributed by atoms with Crippen molar-refractivity contribution in [2.75, 3.05) is 43.1 Å². The van der Waals surface area contributed by atoms with Gasteiger partial charge in [0.2, 0.25) is 0 Å². The first kappa shape index (κ1) is 22.0. The molecule has 0 aliphatic carbocycles. The van der Waals surface area contributed by atoms with Crippen molar-refractivity contribution >= 4 is 29.3 Å². The Morgan fingerprint density at radius 3 is 2.48 bits per heavy atom. The monoisotopic (exact) mass is 429 g/mol. The highest BCUT2D eigenvalue weighted by molar-refractivity contribution is 5.94. The van der Waals surface area contributed by atoms with E-state index < -0.39 is 17.8 Å². The normalized spacial score (nSPS) is 13.6. The number of nitrogens with one attached hydrogen (secondary N) is 1. The summed E-state index contributed by atoms with van der Waals surface area (Å²) in [4.78, 5) is 31.4. The van der Waals surface area contributed by atoms with Crippen molar-refractivity contribution in [2.45, 2.75) is 13.0 Å². The highest BCUT2D eigenvalue weighted by atomic mass is 19.1. The summed E-state index contributed by atoms with van der Waals surface area (Å²) in [6, 6.07) is 8.39. The minimum atomic E-state index is -0.670. The quantitative estimate of drug-likeness (QED) is 0.388. The lowest BCUT2D eigenvalue weighted by molar-refractivity contribution is -0.143. The van der Waals surface area contributed by atoms with Crippen LogP contribution in [0.1, 0.15) is 22.3 Å². The van der Waals surface area contributed by atoms with Crippen molar-refractivity contribution in [2.24, 2.45) is 5.73 Å². The summed E-state index contributed by atoms with van der Waals surface area (Å²) in [6.45, 7) is 2.18. The molecule has 1 aliphatic heterocycles. The second-order valence-corrected chi connectivity index (χ2v) is 6.98. The molecule has 1 aromatic heterocycles. The lowest BCUT2D eigenvalue weighted by Gasteiger charge is -2.37. The van der Waals surface area contributed by atoms with Gasteiger partial charge in [-0.3, -0.25) is 10.2 Å². The van der Waals surface area contributed by atoms with Crippen molar-refractivity contribution in [3.8, 4) is 0 Å². The van der Waals surface area contributed by atoms with Gasteiger partial charge in [0.15, 0.2) is 5.82 Å². The minimum absolute atomic E-state index is 0.220. The average Bonchev–Trinajstić information content (AvgIpc) is 2.77. The molecular weight excluding hydrogens is 405 g/mol. The first-order valence-electron chi connectivity index (χ1n) is 9.69. The van der Waals surface area contributed by atoms with Crippen LogP contribution in [0.2, 0.25) is 0 Å². The molecule has 3 N–H and O–H groups in total. The van der Waals surface area contributed by atoms with E-state index in [2.05, 4.69) is 14.6 Å². The lowest BCUT2D eigenvalue weighted by atomic mass is 10.1. The van der Waals surface area contributed by atoms with Crippen molar-refractivity contribution < 1.29 is 23.5 Å². The van der Waals surface area contributed by atoms with Crippen LogP contribution in [0.3, 0.4) is 0 Å². The van der Waals surface area contributed by atoms with E-state index >= 15 is 0 Å². The lowest BCUT2D eigenvalue weighted by Crippen LogP contribution is -2.47. The minimum Gasteiger partial charge on any atom is -0.465 e. The zero-order valence-electron chi connectivity index (χ0n) is 17.1. The van der Waals surface area contributed by atoms with Crippen molar-refractivity contribution in [1.29, 1.82) is 5.41 Å². The fourth-order valence-corrected chi connectivity index (χ4v) is 3.27. The number of hydrogen-bond donors (Lipinski definition) is 2. The molecular formula is C21H24FN5O4. The summed E-state index contributed by atoms with van der Waals surface area (Å²) in [6.07, 6.45) is 1.15. The topological polar surface area (TPSA) is 122 Å². The fraction of sp³-hybridized carbons (Fsp3) is 0.333. The van der Waals surface area contributed by atoms with Crippen LogP contribution in [0, 0.1) is 11.2 Å². The number of hydrogen-bond acceptors (Lipinski definition) is 8. The number of nitrogens with two attached hydrogens (primary N) is 1. The number of carbonyl (C=O) groups excluding carboxylic acids is 2. The van der Waals surface area contributed by atoms with Crippen molar-refractivity contribution in [3.05, 3.63) is 53.5 Å². The van der Waals surface area contributed by atoms with Crippen LogP contribution < -0.4 is 15.5 Å². The van der Waals surface area contributed by atoms with Gasteiger partial charge < -0.3 is 25.0 Å². The number of esters is 2. The number of pyridine rings is 1. The summed E-state index contributed by atoms with van der Waals surface area (Å²) >= 11 is 0. The summed E-state index contributed by atoms with van der Waals surface area (Å²) < 4.78 is 24.7. The van der Waals surface area contributed by atoms with E-state index in [0.717, 1.165) is 5.82 Å². The van der Waals surface area contributed by atoms with Crippen LogP contribution in [-0.2, 0) is 20.9 Å². The third-order valence-corrected chi connectivity index (χ3v) is 4.90. The SMILES string of the molecule is COC(=O)c1ccc(N2CCN(c3cccc(COC(=O)CC(=N)N)c3F)CC2)nc1. The number of carbonyl (C=O) groups is 2. The van der Waals surface area contributed by atoms with Gasteiger partial charge in [0.25, 0.3) is 0 Å². The van der Waals surface area contributed by atoms with Gasteiger partial charge >= 0.3 is 11.9 Å². The van der Waals surface area contributed by atoms with Crippen LogP contribution >= 0.6 is 0 Å². The van der Waals surface area contributed by atoms with Crippen LogP contribution in [0.25, 0.3) is 0 Å². The highest BCUT2D eigenvalue weighted by Crippen LogP contribution is 2.25. The van der Waals surface area contributed by atoms with E-state index in [-0.39, 0.29) is 24.4 Å². The number of halogens is 1. The number of aromatic nitrogens is 1. The van der Waals surface area contributed by atoms with Gasteiger partial charge in [-0.15, -0.1) is 0 Å². The van der Waals surface area contributed by atoms with Gasteiger partial charge in [-0.25, -0.2) is 14.2 Å². The predicted octanol–water partition coefficient (Wildman–Crippen LogP) is 1.70. The Labute approximate surface area is 179 Å². The third kappa shape index (κ3) is 5.47. The Bertz CT molecular complexity index is 959. The molecule has 1 aromatic carbocycles. The summed E-state index contributed by atoms with van der Waals surface area (Å²) in [7, 11) is 1.32. The molecule has 0 bridgehead atoms. The zero-order valence-corrected chi connectivity index (χ0v) is 17.1. The predicted molar refractivity (Wildman–Crippen MR) is 113 cm³/mol. The third-order valence-electron chi connectivity index (χ3n) is 4.90. The maximum atomic E-state index is 15.0. The van der Waals surface area contributed by atoms with Crippen molar-refractivity contribution in [3.63, 3.8) is 0 Å². The van der Waals surface area contributed by atoms with Gasteiger partial charge in [-0.2, -0.15) is 0 Å². The molecule has 0 spiro atoms. The molecule has 1 aliphatic rings. The van der Waals surface area contributed by atoms with E-state index in [0.29, 0.717) is 37.4 Å². The number of methoxy groups -OCH3 is 1. The van der Waals surface area contributed by atoms with Crippen LogP contribution in [0.15, 0.2) is 36.5 Å². The molecule has 31 heavy (non-hydrogen) atoms. The van der Waals surface area contributed by atoms with E-state index in [1.807, 2.05) is 4.90 Å². The van der Waals surface area contributed by atoms with Crippen molar-refractivity contribution in [1.82, 2.24) is 4.98 Å². The molecule has 0 amide bonds. The summed E-state index contributed by atoms with van der Waals surface area (Å²) in [5.74, 6) is -1.11. The Kier molecular flexibility index (Phi) is 7.01. The Hall–Kier alpha value is -3.69. The zero-order chi connectivity index (χ0) is 22.4. The molecule has 2 aromatic rings. The number of ether oxygens (including phenoxy) is 2. The second-order valence-electron chi connectivity index (χ2n) is 6.98. The van der Waals surface area contributed by atoms with E-state index in [1.165, 1.54) is 13.3 Å². The van der Waals surface area contributed by atoms with Gasteiger partial charge in [0.1, 0.15) is 24.7 Å². The Morgan fingerprint density at radius 2 is 1.87 bits per heavy atom. The average molecular weight is 429 g/mol. The Morgan fingerprint density at radius 1 is 1.16 bits per heavy atom. The van der Waals surface area contributed by atoms with Crippen LogP contribution in [-0.4, -0.2) is 56.0 Å². The molecule has 0 unspecified atom stereocenters. The molecule has 0 radical (unpaired) electrons. The van der Waals surface area contributed by atoms with Crippen LogP contribution in [0.4, 0.5) is 15.9 Å². The van der Waals surface area contributed by atoms with Gasteiger partial charge in [-0.05, 0) is 18.2 Å². The second kappa shape index (κ2) is 9.88. The Balaban J connectivity index is 1.61. The first-order valence-corrected chi connectivity index (χ1v) is 9.69.